The van der Waals surface area contributed by atoms with Crippen molar-refractivity contribution in [2.75, 3.05) is 13.2 Å². The molecule has 0 fully saturated rings. The second-order valence-corrected chi connectivity index (χ2v) is 5.34. The molecule has 0 aliphatic carbocycles. The zero-order valence-corrected chi connectivity index (χ0v) is 13.4. The van der Waals surface area contributed by atoms with Crippen molar-refractivity contribution in [3.8, 4) is 11.5 Å². The molecule has 0 unspecified atom stereocenters. The van der Waals surface area contributed by atoms with E-state index in [2.05, 4.69) is 23.3 Å². The molecule has 114 valence electrons. The molecule has 21 heavy (non-hydrogen) atoms. The molecular weight excluding hydrogens is 284 g/mol. The maximum Gasteiger partial charge on any atom is 0.166 e. The van der Waals surface area contributed by atoms with Crippen LogP contribution in [0.4, 0.5) is 0 Å². The Bertz CT molecular complexity index is 529. The molecule has 1 N–H and O–H groups in total. The fourth-order valence-electron chi connectivity index (χ4n) is 1.99. The minimum Gasteiger partial charge on any atom is -0.490 e. The van der Waals surface area contributed by atoms with Crippen molar-refractivity contribution >= 4 is 11.3 Å². The number of para-hydroxylation sites is 1. The Morgan fingerprint density at radius 3 is 2.86 bits per heavy atom. The molecule has 0 bridgehead atoms. The number of thiazole rings is 1. The van der Waals surface area contributed by atoms with E-state index in [-0.39, 0.29) is 0 Å². The van der Waals surface area contributed by atoms with Crippen LogP contribution in [0.1, 0.15) is 31.5 Å². The van der Waals surface area contributed by atoms with Crippen LogP contribution in [0.15, 0.2) is 29.1 Å². The molecule has 0 saturated heterocycles. The Balaban J connectivity index is 2.12. The number of nitrogens with zero attached hydrogens (tertiary/aromatic N) is 1. The first kappa shape index (κ1) is 15.8. The van der Waals surface area contributed by atoms with Crippen LogP contribution in [-0.4, -0.2) is 18.1 Å². The molecule has 0 spiro atoms. The van der Waals surface area contributed by atoms with Crippen LogP contribution in [0.2, 0.25) is 0 Å². The molecule has 2 rings (SSSR count). The average molecular weight is 306 g/mol. The summed E-state index contributed by atoms with van der Waals surface area (Å²) in [4.78, 5) is 4.25. The lowest BCUT2D eigenvalue weighted by Crippen LogP contribution is -2.15. The van der Waals surface area contributed by atoms with Crippen LogP contribution in [0.3, 0.4) is 0 Å². The average Bonchev–Trinajstić information content (AvgIpc) is 3.00. The van der Waals surface area contributed by atoms with Gasteiger partial charge in [0.1, 0.15) is 6.61 Å². The number of hydrogen-bond acceptors (Lipinski definition) is 5. The largest absolute Gasteiger partial charge is 0.490 e. The molecule has 0 saturated carbocycles. The fraction of sp³-hybridized carbons (Fsp3) is 0.438. The Hall–Kier alpha value is -1.59. The van der Waals surface area contributed by atoms with Gasteiger partial charge < -0.3 is 14.8 Å². The van der Waals surface area contributed by atoms with Gasteiger partial charge in [-0.15, -0.1) is 11.3 Å². The van der Waals surface area contributed by atoms with E-state index in [1.807, 2.05) is 29.9 Å². The Kier molecular flexibility index (Phi) is 6.50. The van der Waals surface area contributed by atoms with Gasteiger partial charge in [-0.05, 0) is 26.0 Å². The van der Waals surface area contributed by atoms with Gasteiger partial charge in [0.25, 0.3) is 0 Å². The molecule has 1 aromatic heterocycles. The van der Waals surface area contributed by atoms with E-state index in [1.54, 1.807) is 11.3 Å². The smallest absolute Gasteiger partial charge is 0.166 e. The van der Waals surface area contributed by atoms with Crippen molar-refractivity contribution < 1.29 is 9.47 Å². The number of nitrogens with one attached hydrogen (secondary N) is 1. The number of aromatic nitrogens is 1. The lowest BCUT2D eigenvalue weighted by molar-refractivity contribution is 0.264. The fourth-order valence-corrected chi connectivity index (χ4v) is 2.53. The summed E-state index contributed by atoms with van der Waals surface area (Å²) in [6.45, 7) is 6.99. The first-order valence-corrected chi connectivity index (χ1v) is 8.24. The highest BCUT2D eigenvalue weighted by atomic mass is 32.1. The summed E-state index contributed by atoms with van der Waals surface area (Å²) < 4.78 is 11.7. The Labute approximate surface area is 130 Å². The molecule has 0 atom stereocenters. The number of hydrogen-bond donors (Lipinski definition) is 1. The van der Waals surface area contributed by atoms with Gasteiger partial charge in [-0.2, -0.15) is 0 Å². The van der Waals surface area contributed by atoms with Gasteiger partial charge in [0.2, 0.25) is 0 Å². The van der Waals surface area contributed by atoms with Crippen molar-refractivity contribution in [2.45, 2.75) is 33.4 Å². The van der Waals surface area contributed by atoms with Gasteiger partial charge in [0.15, 0.2) is 11.5 Å². The summed E-state index contributed by atoms with van der Waals surface area (Å²) in [5.74, 6) is 1.61. The van der Waals surface area contributed by atoms with E-state index in [0.717, 1.165) is 42.3 Å². The zero-order valence-electron chi connectivity index (χ0n) is 12.6. The second kappa shape index (κ2) is 8.64. The van der Waals surface area contributed by atoms with E-state index in [1.165, 1.54) is 0 Å². The molecular formula is C16H22N2O2S. The van der Waals surface area contributed by atoms with E-state index in [9.17, 15) is 0 Å². The predicted octanol–water partition coefficient (Wildman–Crippen LogP) is 3.62. The molecule has 0 radical (unpaired) electrons. The van der Waals surface area contributed by atoms with Gasteiger partial charge in [-0.3, -0.25) is 0 Å². The van der Waals surface area contributed by atoms with E-state index in [4.69, 9.17) is 9.47 Å². The molecule has 2 aromatic rings. The highest BCUT2D eigenvalue weighted by Crippen LogP contribution is 2.32. The third-order valence-corrected chi connectivity index (χ3v) is 3.59. The molecule has 1 aromatic carbocycles. The van der Waals surface area contributed by atoms with Crippen LogP contribution in [0.5, 0.6) is 11.5 Å². The summed E-state index contributed by atoms with van der Waals surface area (Å²) in [5, 5.41) is 5.40. The molecule has 1 heterocycles. The molecule has 5 heteroatoms. The van der Waals surface area contributed by atoms with Crippen molar-refractivity contribution in [1.82, 2.24) is 10.3 Å². The van der Waals surface area contributed by atoms with E-state index in [0.29, 0.717) is 13.2 Å². The molecule has 4 nitrogen and oxygen atoms in total. The summed E-state index contributed by atoms with van der Waals surface area (Å²) >= 11 is 1.58. The molecule has 0 amide bonds. The van der Waals surface area contributed by atoms with Crippen molar-refractivity contribution in [2.24, 2.45) is 0 Å². The minimum absolute atomic E-state index is 0.467. The predicted molar refractivity (Wildman–Crippen MR) is 86.1 cm³/mol. The highest BCUT2D eigenvalue weighted by molar-refractivity contribution is 7.07. The van der Waals surface area contributed by atoms with Crippen LogP contribution in [-0.2, 0) is 13.2 Å². The first-order valence-electron chi connectivity index (χ1n) is 7.30. The Morgan fingerprint density at radius 2 is 2.14 bits per heavy atom. The SMILES string of the molecule is CCCNCc1cccc(OCC)c1OCc1cscn1. The Morgan fingerprint density at radius 1 is 1.24 bits per heavy atom. The van der Waals surface area contributed by atoms with Crippen LogP contribution >= 0.6 is 11.3 Å². The van der Waals surface area contributed by atoms with Gasteiger partial charge in [-0.1, -0.05) is 19.1 Å². The van der Waals surface area contributed by atoms with Crippen molar-refractivity contribution in [3.05, 3.63) is 40.3 Å². The third kappa shape index (κ3) is 4.72. The van der Waals surface area contributed by atoms with Gasteiger partial charge >= 0.3 is 0 Å². The summed E-state index contributed by atoms with van der Waals surface area (Å²) in [6, 6.07) is 6.02. The van der Waals surface area contributed by atoms with E-state index >= 15 is 0 Å². The van der Waals surface area contributed by atoms with Crippen molar-refractivity contribution in [1.29, 1.82) is 0 Å². The minimum atomic E-state index is 0.467. The third-order valence-electron chi connectivity index (χ3n) is 2.95. The lowest BCUT2D eigenvalue weighted by Gasteiger charge is -2.16. The number of benzene rings is 1. The maximum absolute atomic E-state index is 5.98. The topological polar surface area (TPSA) is 43.4 Å². The second-order valence-electron chi connectivity index (χ2n) is 4.62. The molecule has 0 aliphatic rings. The first-order chi connectivity index (χ1) is 10.3. The monoisotopic (exact) mass is 306 g/mol. The zero-order chi connectivity index (χ0) is 14.9. The number of ether oxygens (including phenoxy) is 2. The van der Waals surface area contributed by atoms with Gasteiger partial charge in [0.05, 0.1) is 17.8 Å². The lowest BCUT2D eigenvalue weighted by atomic mass is 10.2. The quantitative estimate of drug-likeness (QED) is 0.719. The summed E-state index contributed by atoms with van der Waals surface area (Å²) in [5.41, 5.74) is 3.88. The van der Waals surface area contributed by atoms with Gasteiger partial charge in [-0.25, -0.2) is 4.98 Å². The van der Waals surface area contributed by atoms with E-state index < -0.39 is 0 Å². The van der Waals surface area contributed by atoms with Crippen LogP contribution in [0, 0.1) is 0 Å². The van der Waals surface area contributed by atoms with Crippen LogP contribution in [0.25, 0.3) is 0 Å². The summed E-state index contributed by atoms with van der Waals surface area (Å²) in [7, 11) is 0. The van der Waals surface area contributed by atoms with Gasteiger partial charge in [0, 0.05) is 17.5 Å². The summed E-state index contributed by atoms with van der Waals surface area (Å²) in [6.07, 6.45) is 1.11. The number of rotatable bonds is 9. The highest BCUT2D eigenvalue weighted by Gasteiger charge is 2.11. The molecule has 0 aliphatic heterocycles. The van der Waals surface area contributed by atoms with Crippen molar-refractivity contribution in [3.63, 3.8) is 0 Å². The van der Waals surface area contributed by atoms with Crippen LogP contribution < -0.4 is 14.8 Å². The normalized spacial score (nSPS) is 10.6. The maximum atomic E-state index is 5.98. The standard InChI is InChI=1S/C16H22N2O2S/c1-3-8-17-9-13-6-5-7-15(19-4-2)16(13)20-10-14-11-21-12-18-14/h5-7,11-12,17H,3-4,8-10H2,1-2H3.